The first kappa shape index (κ1) is 13.3. The summed E-state index contributed by atoms with van der Waals surface area (Å²) in [5, 5.41) is 3.81. The molecule has 2 unspecified atom stereocenters. The Bertz CT molecular complexity index is 224. The van der Waals surface area contributed by atoms with Crippen LogP contribution in [0.3, 0.4) is 0 Å². The second-order valence-electron chi connectivity index (χ2n) is 6.15. The number of rotatable bonds is 5. The molecule has 2 rings (SSSR count). The van der Waals surface area contributed by atoms with E-state index in [1.807, 2.05) is 0 Å². The molecule has 17 heavy (non-hydrogen) atoms. The monoisotopic (exact) mass is 239 g/mol. The van der Waals surface area contributed by atoms with Crippen LogP contribution in [0.5, 0.6) is 0 Å². The molecule has 0 bridgehead atoms. The van der Waals surface area contributed by atoms with Gasteiger partial charge in [0.05, 0.1) is 0 Å². The minimum absolute atomic E-state index is 0.644. The first-order valence-electron chi connectivity index (χ1n) is 7.37. The second kappa shape index (κ2) is 6.17. The number of hydrogen-bond donors (Lipinski definition) is 1. The Labute approximate surface area is 107 Å². The Morgan fingerprint density at radius 3 is 2.41 bits per heavy atom. The lowest BCUT2D eigenvalue weighted by Crippen LogP contribution is -2.44. The largest absolute Gasteiger partial charge is 0.309 e. The fraction of sp³-hybridized carbons (Fsp3) is 1.00. The minimum atomic E-state index is 0.644. The van der Waals surface area contributed by atoms with Gasteiger partial charge in [0.2, 0.25) is 0 Å². The molecule has 3 nitrogen and oxygen atoms in total. The van der Waals surface area contributed by atoms with Crippen molar-refractivity contribution in [3.05, 3.63) is 0 Å². The SMILES string of the molecule is CC(CN1CCCC1)NC1CCN(C(C)C)C1. The highest BCUT2D eigenvalue weighted by Crippen LogP contribution is 2.13. The standard InChI is InChI=1S/C14H29N3/c1-12(2)17-9-6-14(11-17)15-13(3)10-16-7-4-5-8-16/h12-15H,4-11H2,1-3H3. The average Bonchev–Trinajstić information content (AvgIpc) is 2.88. The molecular formula is C14H29N3. The van der Waals surface area contributed by atoms with Crippen molar-refractivity contribution < 1.29 is 0 Å². The summed E-state index contributed by atoms with van der Waals surface area (Å²) in [5.41, 5.74) is 0. The molecule has 2 aliphatic heterocycles. The van der Waals surface area contributed by atoms with Crippen molar-refractivity contribution in [2.75, 3.05) is 32.7 Å². The molecule has 0 radical (unpaired) electrons. The van der Waals surface area contributed by atoms with Crippen molar-refractivity contribution in [2.45, 2.75) is 58.2 Å². The van der Waals surface area contributed by atoms with Crippen LogP contribution in [0.4, 0.5) is 0 Å². The highest BCUT2D eigenvalue weighted by molar-refractivity contribution is 4.85. The van der Waals surface area contributed by atoms with Gasteiger partial charge in [-0.25, -0.2) is 0 Å². The van der Waals surface area contributed by atoms with Crippen LogP contribution >= 0.6 is 0 Å². The van der Waals surface area contributed by atoms with Gasteiger partial charge in [-0.1, -0.05) is 0 Å². The van der Waals surface area contributed by atoms with E-state index in [1.165, 1.54) is 52.0 Å². The van der Waals surface area contributed by atoms with Crippen molar-refractivity contribution in [1.29, 1.82) is 0 Å². The molecule has 0 spiro atoms. The second-order valence-corrected chi connectivity index (χ2v) is 6.15. The summed E-state index contributed by atoms with van der Waals surface area (Å²) in [6.45, 7) is 13.3. The van der Waals surface area contributed by atoms with E-state index in [0.29, 0.717) is 12.1 Å². The predicted molar refractivity (Wildman–Crippen MR) is 73.4 cm³/mol. The van der Waals surface area contributed by atoms with E-state index < -0.39 is 0 Å². The number of hydrogen-bond acceptors (Lipinski definition) is 3. The molecule has 0 aliphatic carbocycles. The van der Waals surface area contributed by atoms with E-state index in [0.717, 1.165) is 6.04 Å². The molecule has 0 saturated carbocycles. The topological polar surface area (TPSA) is 18.5 Å². The van der Waals surface area contributed by atoms with Gasteiger partial charge < -0.3 is 10.2 Å². The van der Waals surface area contributed by atoms with E-state index >= 15 is 0 Å². The zero-order valence-corrected chi connectivity index (χ0v) is 11.8. The van der Waals surface area contributed by atoms with Crippen molar-refractivity contribution in [3.8, 4) is 0 Å². The third-order valence-corrected chi connectivity index (χ3v) is 4.20. The molecule has 0 aromatic heterocycles. The van der Waals surface area contributed by atoms with Crippen LogP contribution in [-0.2, 0) is 0 Å². The lowest BCUT2D eigenvalue weighted by Gasteiger charge is -2.25. The average molecular weight is 239 g/mol. The van der Waals surface area contributed by atoms with Crippen LogP contribution in [0.2, 0.25) is 0 Å². The molecule has 100 valence electrons. The molecule has 0 amide bonds. The van der Waals surface area contributed by atoms with Gasteiger partial charge in [0.1, 0.15) is 0 Å². The van der Waals surface area contributed by atoms with Crippen molar-refractivity contribution in [1.82, 2.24) is 15.1 Å². The Morgan fingerprint density at radius 2 is 1.82 bits per heavy atom. The first-order chi connectivity index (χ1) is 8.15. The van der Waals surface area contributed by atoms with Crippen LogP contribution in [0.1, 0.15) is 40.0 Å². The number of nitrogens with zero attached hydrogens (tertiary/aromatic N) is 2. The van der Waals surface area contributed by atoms with Crippen LogP contribution in [0.25, 0.3) is 0 Å². The summed E-state index contributed by atoms with van der Waals surface area (Å²) in [7, 11) is 0. The smallest absolute Gasteiger partial charge is 0.0210 e. The molecule has 2 fully saturated rings. The highest BCUT2D eigenvalue weighted by atomic mass is 15.2. The summed E-state index contributed by atoms with van der Waals surface area (Å²) in [4.78, 5) is 5.19. The van der Waals surface area contributed by atoms with E-state index in [4.69, 9.17) is 0 Å². The van der Waals surface area contributed by atoms with Crippen LogP contribution in [0, 0.1) is 0 Å². The van der Waals surface area contributed by atoms with Crippen LogP contribution in [0.15, 0.2) is 0 Å². The lowest BCUT2D eigenvalue weighted by molar-refractivity contribution is 0.255. The zero-order valence-electron chi connectivity index (χ0n) is 11.8. The molecule has 3 heteroatoms. The normalized spacial score (nSPS) is 29.3. The molecule has 2 heterocycles. The van der Waals surface area contributed by atoms with Gasteiger partial charge >= 0.3 is 0 Å². The highest BCUT2D eigenvalue weighted by Gasteiger charge is 2.25. The zero-order chi connectivity index (χ0) is 12.3. The van der Waals surface area contributed by atoms with Gasteiger partial charge in [-0.15, -0.1) is 0 Å². The maximum atomic E-state index is 3.81. The van der Waals surface area contributed by atoms with Crippen LogP contribution in [-0.4, -0.2) is 60.6 Å². The van der Waals surface area contributed by atoms with Crippen molar-refractivity contribution >= 4 is 0 Å². The summed E-state index contributed by atoms with van der Waals surface area (Å²) < 4.78 is 0. The summed E-state index contributed by atoms with van der Waals surface area (Å²) in [5.74, 6) is 0. The fourth-order valence-electron chi connectivity index (χ4n) is 3.20. The van der Waals surface area contributed by atoms with E-state index in [9.17, 15) is 0 Å². The number of nitrogens with one attached hydrogen (secondary N) is 1. The molecule has 2 saturated heterocycles. The Morgan fingerprint density at radius 1 is 1.12 bits per heavy atom. The first-order valence-corrected chi connectivity index (χ1v) is 7.37. The molecule has 2 aliphatic rings. The maximum Gasteiger partial charge on any atom is 0.0210 e. The van der Waals surface area contributed by atoms with E-state index in [2.05, 4.69) is 35.9 Å². The summed E-state index contributed by atoms with van der Waals surface area (Å²) in [6.07, 6.45) is 4.12. The Balaban J connectivity index is 1.66. The third-order valence-electron chi connectivity index (χ3n) is 4.20. The van der Waals surface area contributed by atoms with Gasteiger partial charge in [0.25, 0.3) is 0 Å². The van der Waals surface area contributed by atoms with Gasteiger partial charge in [-0.3, -0.25) is 4.90 Å². The fourth-order valence-corrected chi connectivity index (χ4v) is 3.20. The predicted octanol–water partition coefficient (Wildman–Crippen LogP) is 1.54. The van der Waals surface area contributed by atoms with E-state index in [1.54, 1.807) is 0 Å². The molecular weight excluding hydrogens is 210 g/mol. The van der Waals surface area contributed by atoms with Gasteiger partial charge in [-0.2, -0.15) is 0 Å². The molecule has 1 N–H and O–H groups in total. The summed E-state index contributed by atoms with van der Waals surface area (Å²) >= 11 is 0. The molecule has 2 atom stereocenters. The third kappa shape index (κ3) is 3.94. The quantitative estimate of drug-likeness (QED) is 0.785. The Hall–Kier alpha value is -0.120. The lowest BCUT2D eigenvalue weighted by atomic mass is 10.2. The Kier molecular flexibility index (Phi) is 4.83. The van der Waals surface area contributed by atoms with Crippen molar-refractivity contribution in [2.24, 2.45) is 0 Å². The molecule has 0 aromatic rings. The summed E-state index contributed by atoms with van der Waals surface area (Å²) in [6, 6.07) is 2.07. The minimum Gasteiger partial charge on any atom is -0.309 e. The van der Waals surface area contributed by atoms with Gasteiger partial charge in [0, 0.05) is 31.2 Å². The van der Waals surface area contributed by atoms with Crippen LogP contribution < -0.4 is 5.32 Å². The molecule has 0 aromatic carbocycles. The number of likely N-dealkylation sites (tertiary alicyclic amines) is 2. The van der Waals surface area contributed by atoms with Gasteiger partial charge in [-0.05, 0) is 59.7 Å². The van der Waals surface area contributed by atoms with Gasteiger partial charge in [0.15, 0.2) is 0 Å². The maximum absolute atomic E-state index is 3.81. The van der Waals surface area contributed by atoms with Crippen molar-refractivity contribution in [3.63, 3.8) is 0 Å². The van der Waals surface area contributed by atoms with E-state index in [-0.39, 0.29) is 0 Å².